The van der Waals surface area contributed by atoms with Gasteiger partial charge in [0.1, 0.15) is 0 Å². The predicted octanol–water partition coefficient (Wildman–Crippen LogP) is 2.02. The second-order valence-electron chi connectivity index (χ2n) is 4.19. The summed E-state index contributed by atoms with van der Waals surface area (Å²) in [5.41, 5.74) is 8.04. The van der Waals surface area contributed by atoms with Gasteiger partial charge in [-0.1, -0.05) is 18.5 Å². The number of nitrogens with two attached hydrogens (primary N) is 1. The van der Waals surface area contributed by atoms with E-state index in [2.05, 4.69) is 18.9 Å². The van der Waals surface area contributed by atoms with Crippen LogP contribution in [0.25, 0.3) is 0 Å². The summed E-state index contributed by atoms with van der Waals surface area (Å²) >= 11 is 6.32. The van der Waals surface area contributed by atoms with Crippen LogP contribution in [-0.4, -0.2) is 29.0 Å². The highest BCUT2D eigenvalue weighted by molar-refractivity contribution is 6.31. The van der Waals surface area contributed by atoms with E-state index in [4.69, 9.17) is 22.1 Å². The Balaban J connectivity index is 2.92. The molecule has 0 aromatic carbocycles. The van der Waals surface area contributed by atoms with Crippen LogP contribution in [0.15, 0.2) is 0 Å². The van der Waals surface area contributed by atoms with Crippen LogP contribution in [0.1, 0.15) is 32.2 Å². The summed E-state index contributed by atoms with van der Waals surface area (Å²) in [7, 11) is 1.67. The molecular formula is C12H22ClN3O. The second-order valence-corrected chi connectivity index (χ2v) is 4.56. The van der Waals surface area contributed by atoms with Gasteiger partial charge in [0.05, 0.1) is 22.5 Å². The van der Waals surface area contributed by atoms with Crippen LogP contribution in [0.4, 0.5) is 0 Å². The van der Waals surface area contributed by atoms with Gasteiger partial charge in [0.25, 0.3) is 0 Å². The van der Waals surface area contributed by atoms with Crippen LogP contribution in [0.3, 0.4) is 0 Å². The van der Waals surface area contributed by atoms with E-state index < -0.39 is 0 Å². The van der Waals surface area contributed by atoms with Crippen LogP contribution >= 0.6 is 11.6 Å². The molecule has 0 bridgehead atoms. The van der Waals surface area contributed by atoms with E-state index in [0.717, 1.165) is 29.4 Å². The Kier molecular flexibility index (Phi) is 5.43. The van der Waals surface area contributed by atoms with Gasteiger partial charge in [-0.15, -0.1) is 0 Å². The van der Waals surface area contributed by atoms with Crippen molar-refractivity contribution in [3.05, 3.63) is 16.4 Å². The van der Waals surface area contributed by atoms with Crippen LogP contribution < -0.4 is 5.73 Å². The zero-order valence-electron chi connectivity index (χ0n) is 11.0. The average molecular weight is 260 g/mol. The maximum absolute atomic E-state index is 6.32. The van der Waals surface area contributed by atoms with E-state index in [1.807, 2.05) is 11.6 Å². The summed E-state index contributed by atoms with van der Waals surface area (Å²) in [6.45, 7) is 6.88. The standard InChI is InChI=1S/C12H22ClN3O/c1-5-10-12(13)11(16(6-2)15-10)7-9(14)8(3)17-4/h8-9H,5-7,14H2,1-4H3. The molecule has 0 aliphatic carbocycles. The molecule has 1 heterocycles. The Morgan fingerprint density at radius 1 is 1.47 bits per heavy atom. The van der Waals surface area contributed by atoms with Gasteiger partial charge in [-0.3, -0.25) is 4.68 Å². The van der Waals surface area contributed by atoms with Crippen LogP contribution in [0.2, 0.25) is 5.02 Å². The van der Waals surface area contributed by atoms with Crippen LogP contribution in [0.5, 0.6) is 0 Å². The highest BCUT2D eigenvalue weighted by Crippen LogP contribution is 2.23. The van der Waals surface area contributed by atoms with E-state index in [9.17, 15) is 0 Å². The van der Waals surface area contributed by atoms with Gasteiger partial charge in [0, 0.05) is 26.1 Å². The van der Waals surface area contributed by atoms with Crippen molar-refractivity contribution in [1.82, 2.24) is 9.78 Å². The van der Waals surface area contributed by atoms with Gasteiger partial charge >= 0.3 is 0 Å². The minimum Gasteiger partial charge on any atom is -0.380 e. The third kappa shape index (κ3) is 3.21. The van der Waals surface area contributed by atoms with Crippen molar-refractivity contribution in [2.45, 2.75) is 52.3 Å². The number of ether oxygens (including phenoxy) is 1. The van der Waals surface area contributed by atoms with Crippen molar-refractivity contribution in [2.75, 3.05) is 7.11 Å². The SMILES string of the molecule is CCc1nn(CC)c(CC(N)C(C)OC)c1Cl. The highest BCUT2D eigenvalue weighted by Gasteiger charge is 2.20. The summed E-state index contributed by atoms with van der Waals surface area (Å²) < 4.78 is 7.17. The van der Waals surface area contributed by atoms with Gasteiger partial charge in [0.15, 0.2) is 0 Å². The van der Waals surface area contributed by atoms with Crippen LogP contribution in [-0.2, 0) is 24.1 Å². The van der Waals surface area contributed by atoms with Crippen LogP contribution in [0, 0.1) is 0 Å². The Bertz CT molecular complexity index is 365. The Hall–Kier alpha value is -0.580. The predicted molar refractivity (Wildman–Crippen MR) is 70.4 cm³/mol. The minimum atomic E-state index is -0.0655. The normalized spacial score (nSPS) is 14.9. The molecule has 0 fully saturated rings. The van der Waals surface area contributed by atoms with Crippen molar-refractivity contribution in [3.63, 3.8) is 0 Å². The van der Waals surface area contributed by atoms with Crippen molar-refractivity contribution >= 4 is 11.6 Å². The molecule has 5 heteroatoms. The number of rotatable bonds is 6. The molecule has 98 valence electrons. The summed E-state index contributed by atoms with van der Waals surface area (Å²) in [5.74, 6) is 0. The molecule has 17 heavy (non-hydrogen) atoms. The maximum atomic E-state index is 6.32. The summed E-state index contributed by atoms with van der Waals surface area (Å²) in [6.07, 6.45) is 1.54. The molecule has 2 N–H and O–H groups in total. The first kappa shape index (κ1) is 14.5. The van der Waals surface area contributed by atoms with E-state index in [-0.39, 0.29) is 12.1 Å². The van der Waals surface area contributed by atoms with E-state index in [1.54, 1.807) is 7.11 Å². The highest BCUT2D eigenvalue weighted by atomic mass is 35.5. The monoisotopic (exact) mass is 259 g/mol. The molecule has 0 spiro atoms. The first-order chi connectivity index (χ1) is 8.04. The number of hydrogen-bond acceptors (Lipinski definition) is 3. The number of nitrogens with zero attached hydrogens (tertiary/aromatic N) is 2. The first-order valence-electron chi connectivity index (χ1n) is 6.07. The Morgan fingerprint density at radius 2 is 2.12 bits per heavy atom. The van der Waals surface area contributed by atoms with E-state index in [1.165, 1.54) is 0 Å². The van der Waals surface area contributed by atoms with Crippen molar-refractivity contribution in [1.29, 1.82) is 0 Å². The fourth-order valence-electron chi connectivity index (χ4n) is 1.78. The number of hydrogen-bond donors (Lipinski definition) is 1. The molecule has 0 saturated carbocycles. The first-order valence-corrected chi connectivity index (χ1v) is 6.45. The molecule has 1 aromatic rings. The zero-order valence-corrected chi connectivity index (χ0v) is 11.8. The fourth-order valence-corrected chi connectivity index (χ4v) is 2.12. The molecule has 0 aliphatic heterocycles. The Morgan fingerprint density at radius 3 is 2.59 bits per heavy atom. The average Bonchev–Trinajstić information content (AvgIpc) is 2.65. The molecule has 0 radical (unpaired) electrons. The lowest BCUT2D eigenvalue weighted by Gasteiger charge is -2.18. The lowest BCUT2D eigenvalue weighted by Crippen LogP contribution is -2.36. The van der Waals surface area contributed by atoms with Crippen molar-refractivity contribution in [2.24, 2.45) is 5.73 Å². The zero-order chi connectivity index (χ0) is 13.0. The number of methoxy groups -OCH3 is 1. The van der Waals surface area contributed by atoms with Gasteiger partial charge in [0.2, 0.25) is 0 Å². The molecule has 0 amide bonds. The lowest BCUT2D eigenvalue weighted by molar-refractivity contribution is 0.0950. The fraction of sp³-hybridized carbons (Fsp3) is 0.750. The molecular weight excluding hydrogens is 238 g/mol. The third-order valence-electron chi connectivity index (χ3n) is 3.10. The van der Waals surface area contributed by atoms with E-state index >= 15 is 0 Å². The quantitative estimate of drug-likeness (QED) is 0.851. The summed E-state index contributed by atoms with van der Waals surface area (Å²) in [5, 5.41) is 5.23. The molecule has 1 aromatic heterocycles. The molecule has 0 aliphatic rings. The number of aromatic nitrogens is 2. The molecule has 4 nitrogen and oxygen atoms in total. The van der Waals surface area contributed by atoms with E-state index in [0.29, 0.717) is 6.42 Å². The van der Waals surface area contributed by atoms with Crippen molar-refractivity contribution in [3.8, 4) is 0 Å². The summed E-state index contributed by atoms with van der Waals surface area (Å²) in [4.78, 5) is 0. The maximum Gasteiger partial charge on any atom is 0.0850 e. The van der Waals surface area contributed by atoms with Crippen molar-refractivity contribution < 1.29 is 4.74 Å². The topological polar surface area (TPSA) is 53.1 Å². The second kappa shape index (κ2) is 6.38. The smallest absolute Gasteiger partial charge is 0.0850 e. The number of aryl methyl sites for hydroxylation is 2. The summed E-state index contributed by atoms with van der Waals surface area (Å²) in [6, 6.07) is -0.0655. The number of halogens is 1. The minimum absolute atomic E-state index is 0.0105. The molecule has 1 rings (SSSR count). The Labute approximate surface area is 108 Å². The third-order valence-corrected chi connectivity index (χ3v) is 3.53. The van der Waals surface area contributed by atoms with Gasteiger partial charge in [-0.2, -0.15) is 5.10 Å². The van der Waals surface area contributed by atoms with Gasteiger partial charge in [-0.05, 0) is 20.3 Å². The van der Waals surface area contributed by atoms with Gasteiger partial charge in [-0.25, -0.2) is 0 Å². The largest absolute Gasteiger partial charge is 0.380 e. The van der Waals surface area contributed by atoms with Gasteiger partial charge < -0.3 is 10.5 Å². The lowest BCUT2D eigenvalue weighted by atomic mass is 10.1. The molecule has 0 saturated heterocycles. The molecule has 2 unspecified atom stereocenters. The molecule has 2 atom stereocenters.